The van der Waals surface area contributed by atoms with Crippen LogP contribution in [-0.2, 0) is 18.8 Å². The van der Waals surface area contributed by atoms with E-state index in [-0.39, 0.29) is 11.5 Å². The number of halogens is 1. The first kappa shape index (κ1) is 19.8. The zero-order chi connectivity index (χ0) is 21.5. The molecule has 4 heterocycles. The lowest BCUT2D eigenvalue weighted by atomic mass is 10.00. The molecule has 1 saturated heterocycles. The monoisotopic (exact) mass is 439 g/mol. The zero-order valence-corrected chi connectivity index (χ0v) is 18.0. The first-order valence-electron chi connectivity index (χ1n) is 10.1. The first-order chi connectivity index (χ1) is 15.0. The highest BCUT2D eigenvalue weighted by atomic mass is 35.5. The molecule has 0 amide bonds. The quantitative estimate of drug-likeness (QED) is 0.483. The lowest BCUT2D eigenvalue weighted by Gasteiger charge is -2.21. The number of imidazole rings is 1. The van der Waals surface area contributed by atoms with E-state index in [9.17, 15) is 4.79 Å². The van der Waals surface area contributed by atoms with E-state index in [2.05, 4.69) is 10.1 Å². The Morgan fingerprint density at radius 3 is 2.55 bits per heavy atom. The predicted molar refractivity (Wildman–Crippen MR) is 117 cm³/mol. The lowest BCUT2D eigenvalue weighted by molar-refractivity contribution is 0.0834. The van der Waals surface area contributed by atoms with Gasteiger partial charge in [-0.2, -0.15) is 5.10 Å². The normalized spacial score (nSPS) is 14.9. The third-order valence-electron chi connectivity index (χ3n) is 5.64. The van der Waals surface area contributed by atoms with Gasteiger partial charge in [-0.15, -0.1) is 0 Å². The number of rotatable bonds is 4. The topological polar surface area (TPSA) is 75.6 Å². The van der Waals surface area contributed by atoms with Crippen molar-refractivity contribution < 1.29 is 9.47 Å². The molecule has 0 spiro atoms. The fraction of sp³-hybridized carbons (Fsp3) is 0.318. The minimum atomic E-state index is -0.153. The summed E-state index contributed by atoms with van der Waals surface area (Å²) in [6, 6.07) is 7.46. The summed E-state index contributed by atoms with van der Waals surface area (Å²) in [5.41, 5.74) is 1.99. The van der Waals surface area contributed by atoms with Gasteiger partial charge in [0.2, 0.25) is 5.88 Å². The van der Waals surface area contributed by atoms with Crippen molar-refractivity contribution >= 4 is 17.1 Å². The van der Waals surface area contributed by atoms with Gasteiger partial charge in [-0.3, -0.25) is 18.4 Å². The summed E-state index contributed by atoms with van der Waals surface area (Å²) < 4.78 is 16.6. The van der Waals surface area contributed by atoms with Crippen molar-refractivity contribution in [2.24, 2.45) is 14.1 Å². The average Bonchev–Trinajstić information content (AvgIpc) is 3.35. The van der Waals surface area contributed by atoms with Crippen molar-refractivity contribution in [1.82, 2.24) is 23.7 Å². The summed E-state index contributed by atoms with van der Waals surface area (Å²) in [6.45, 7) is 1.42. The molecule has 1 fully saturated rings. The Balaban J connectivity index is 1.48. The van der Waals surface area contributed by atoms with E-state index in [1.165, 1.54) is 4.57 Å². The maximum atomic E-state index is 12.9. The molecule has 9 heteroatoms. The Morgan fingerprint density at radius 2 is 1.87 bits per heavy atom. The largest absolute Gasteiger partial charge is 0.439 e. The molecule has 1 aliphatic rings. The molecule has 160 valence electrons. The van der Waals surface area contributed by atoms with Gasteiger partial charge in [-0.25, -0.2) is 4.98 Å². The summed E-state index contributed by atoms with van der Waals surface area (Å²) in [4.78, 5) is 17.4. The fourth-order valence-corrected chi connectivity index (χ4v) is 4.24. The van der Waals surface area contributed by atoms with Crippen LogP contribution in [0.25, 0.3) is 16.8 Å². The van der Waals surface area contributed by atoms with Crippen LogP contribution in [0.5, 0.6) is 11.6 Å². The number of hydrogen-bond donors (Lipinski definition) is 0. The Bertz CT molecular complexity index is 1300. The van der Waals surface area contributed by atoms with Crippen LogP contribution in [0.15, 0.2) is 47.7 Å². The van der Waals surface area contributed by atoms with Gasteiger partial charge in [0, 0.05) is 45.0 Å². The standard InChI is InChI=1S/C22H22ClN5O3/c1-26-12-17(23)20(25-26)14-3-5-16(6-4-14)31-19-13-28-18(22(29)27(19)2)11-24-21(28)15-7-9-30-10-8-15/h3-6,11-13,15H,7-10H2,1-2H3. The summed E-state index contributed by atoms with van der Waals surface area (Å²) in [6.07, 6.45) is 7.01. The number of ether oxygens (including phenoxy) is 2. The molecule has 0 radical (unpaired) electrons. The van der Waals surface area contributed by atoms with Gasteiger partial charge < -0.3 is 9.47 Å². The molecule has 0 bridgehead atoms. The molecule has 5 rings (SSSR count). The molecular formula is C22H22ClN5O3. The third-order valence-corrected chi connectivity index (χ3v) is 5.92. The zero-order valence-electron chi connectivity index (χ0n) is 17.3. The Labute approximate surface area is 183 Å². The molecule has 0 atom stereocenters. The molecule has 4 aromatic rings. The summed E-state index contributed by atoms with van der Waals surface area (Å²) in [5.74, 6) is 2.19. The number of fused-ring (bicyclic) bond motifs is 1. The smallest absolute Gasteiger partial charge is 0.279 e. The highest BCUT2D eigenvalue weighted by molar-refractivity contribution is 6.33. The molecule has 0 saturated carbocycles. The highest BCUT2D eigenvalue weighted by Gasteiger charge is 2.22. The van der Waals surface area contributed by atoms with Crippen LogP contribution < -0.4 is 10.3 Å². The molecule has 0 N–H and O–H groups in total. The average molecular weight is 440 g/mol. The maximum Gasteiger partial charge on any atom is 0.279 e. The van der Waals surface area contributed by atoms with Crippen molar-refractivity contribution in [3.63, 3.8) is 0 Å². The van der Waals surface area contributed by atoms with Gasteiger partial charge in [0.05, 0.1) is 17.4 Å². The molecule has 0 aliphatic carbocycles. The SMILES string of the molecule is Cn1cc(Cl)c(-c2ccc(Oc3cn4c(C5CCOCC5)ncc4c(=O)n3C)cc2)n1. The molecule has 1 aliphatic heterocycles. The second-order valence-corrected chi connectivity index (χ2v) is 8.12. The number of nitrogens with zero attached hydrogens (tertiary/aromatic N) is 5. The Morgan fingerprint density at radius 1 is 1.13 bits per heavy atom. The van der Waals surface area contributed by atoms with Crippen LogP contribution in [0.1, 0.15) is 24.6 Å². The summed E-state index contributed by atoms with van der Waals surface area (Å²) >= 11 is 6.24. The molecular weight excluding hydrogens is 418 g/mol. The van der Waals surface area contributed by atoms with E-state index >= 15 is 0 Å². The van der Waals surface area contributed by atoms with E-state index in [4.69, 9.17) is 21.1 Å². The second kappa shape index (κ2) is 7.86. The van der Waals surface area contributed by atoms with E-state index < -0.39 is 0 Å². The van der Waals surface area contributed by atoms with Crippen molar-refractivity contribution in [2.75, 3.05) is 13.2 Å². The van der Waals surface area contributed by atoms with Gasteiger partial charge in [-0.1, -0.05) is 11.6 Å². The number of benzene rings is 1. The van der Waals surface area contributed by atoms with Crippen LogP contribution >= 0.6 is 11.6 Å². The fourth-order valence-electron chi connectivity index (χ4n) is 3.95. The van der Waals surface area contributed by atoms with Crippen LogP contribution in [0.3, 0.4) is 0 Å². The van der Waals surface area contributed by atoms with Crippen LogP contribution in [0, 0.1) is 0 Å². The molecule has 8 nitrogen and oxygen atoms in total. The molecule has 0 unspecified atom stereocenters. The van der Waals surface area contributed by atoms with E-state index in [0.717, 1.165) is 24.2 Å². The van der Waals surface area contributed by atoms with Crippen molar-refractivity contribution in [1.29, 1.82) is 0 Å². The van der Waals surface area contributed by atoms with Crippen LogP contribution in [0.4, 0.5) is 0 Å². The van der Waals surface area contributed by atoms with E-state index in [0.29, 0.717) is 41.1 Å². The maximum absolute atomic E-state index is 12.9. The molecule has 1 aromatic carbocycles. The minimum Gasteiger partial charge on any atom is -0.439 e. The Hall–Kier alpha value is -3.10. The van der Waals surface area contributed by atoms with Gasteiger partial charge in [0.1, 0.15) is 22.8 Å². The lowest BCUT2D eigenvalue weighted by Crippen LogP contribution is -2.22. The second-order valence-electron chi connectivity index (χ2n) is 7.72. The predicted octanol–water partition coefficient (Wildman–Crippen LogP) is 3.77. The van der Waals surface area contributed by atoms with Gasteiger partial charge in [-0.05, 0) is 37.1 Å². The van der Waals surface area contributed by atoms with Gasteiger partial charge in [0.25, 0.3) is 5.56 Å². The van der Waals surface area contributed by atoms with E-state index in [1.807, 2.05) is 41.9 Å². The highest BCUT2D eigenvalue weighted by Crippen LogP contribution is 2.30. The van der Waals surface area contributed by atoms with Gasteiger partial charge >= 0.3 is 0 Å². The summed E-state index contributed by atoms with van der Waals surface area (Å²) in [5, 5.41) is 4.97. The Kier molecular flexibility index (Phi) is 5.03. The van der Waals surface area contributed by atoms with Gasteiger partial charge in [0.15, 0.2) is 0 Å². The number of aryl methyl sites for hydroxylation is 1. The summed E-state index contributed by atoms with van der Waals surface area (Å²) in [7, 11) is 3.52. The van der Waals surface area contributed by atoms with E-state index in [1.54, 1.807) is 24.1 Å². The number of aromatic nitrogens is 5. The molecule has 3 aromatic heterocycles. The van der Waals surface area contributed by atoms with Crippen LogP contribution in [-0.4, -0.2) is 36.9 Å². The third kappa shape index (κ3) is 3.62. The van der Waals surface area contributed by atoms with Crippen molar-refractivity contribution in [3.8, 4) is 22.9 Å². The van der Waals surface area contributed by atoms with Crippen molar-refractivity contribution in [3.05, 3.63) is 64.1 Å². The first-order valence-corrected chi connectivity index (χ1v) is 10.5. The number of hydrogen-bond acceptors (Lipinski definition) is 5. The van der Waals surface area contributed by atoms with Crippen LogP contribution in [0.2, 0.25) is 5.02 Å². The minimum absolute atomic E-state index is 0.153. The molecule has 31 heavy (non-hydrogen) atoms. The van der Waals surface area contributed by atoms with Crippen molar-refractivity contribution in [2.45, 2.75) is 18.8 Å².